The molecule has 0 amide bonds. The van der Waals surface area contributed by atoms with Crippen molar-refractivity contribution in [2.45, 2.75) is 6.04 Å². The van der Waals surface area contributed by atoms with Crippen molar-refractivity contribution < 1.29 is 0 Å². The predicted molar refractivity (Wildman–Crippen MR) is 80.1 cm³/mol. The number of piperazine rings is 1. The topological polar surface area (TPSA) is 15.3 Å². The van der Waals surface area contributed by atoms with Crippen molar-refractivity contribution in [3.63, 3.8) is 0 Å². The molecule has 1 fully saturated rings. The molecule has 1 saturated heterocycles. The summed E-state index contributed by atoms with van der Waals surface area (Å²) in [6.45, 7) is 3.25. The number of hydrogen-bond donors (Lipinski definition) is 1. The van der Waals surface area contributed by atoms with E-state index in [1.165, 1.54) is 16.7 Å². The van der Waals surface area contributed by atoms with Gasteiger partial charge in [0.25, 0.3) is 0 Å². The van der Waals surface area contributed by atoms with Crippen LogP contribution in [0.25, 0.3) is 11.1 Å². The van der Waals surface area contributed by atoms with E-state index in [1.807, 2.05) is 0 Å². The summed E-state index contributed by atoms with van der Waals surface area (Å²) in [5.74, 6) is 0. The lowest BCUT2D eigenvalue weighted by Gasteiger charge is -2.33. The zero-order chi connectivity index (χ0) is 13.1. The van der Waals surface area contributed by atoms with Crippen LogP contribution in [0.1, 0.15) is 11.6 Å². The fourth-order valence-electron chi connectivity index (χ4n) is 2.71. The molecule has 1 heterocycles. The predicted octanol–water partition coefficient (Wildman–Crippen LogP) is 2.93. The van der Waals surface area contributed by atoms with Crippen LogP contribution in [-0.4, -0.2) is 31.6 Å². The van der Waals surface area contributed by atoms with E-state index < -0.39 is 0 Å². The third-order valence-electron chi connectivity index (χ3n) is 3.91. The van der Waals surface area contributed by atoms with Gasteiger partial charge in [0.2, 0.25) is 0 Å². The Hall–Kier alpha value is -1.64. The van der Waals surface area contributed by atoms with E-state index in [2.05, 4.69) is 71.9 Å². The minimum absolute atomic E-state index is 0.499. The Kier molecular flexibility index (Phi) is 3.62. The first-order chi connectivity index (χ1) is 9.34. The van der Waals surface area contributed by atoms with Gasteiger partial charge in [-0.1, -0.05) is 54.6 Å². The van der Waals surface area contributed by atoms with Gasteiger partial charge >= 0.3 is 0 Å². The summed E-state index contributed by atoms with van der Waals surface area (Å²) in [6.07, 6.45) is 0. The molecule has 0 spiro atoms. The normalized spacial score (nSPS) is 20.4. The molecule has 2 nitrogen and oxygen atoms in total. The van der Waals surface area contributed by atoms with Crippen LogP contribution < -0.4 is 5.32 Å². The highest BCUT2D eigenvalue weighted by molar-refractivity contribution is 5.63. The van der Waals surface area contributed by atoms with E-state index in [9.17, 15) is 0 Å². The van der Waals surface area contributed by atoms with Gasteiger partial charge in [0.15, 0.2) is 0 Å². The van der Waals surface area contributed by atoms with Crippen LogP contribution in [0, 0.1) is 0 Å². The van der Waals surface area contributed by atoms with Crippen molar-refractivity contribution in [1.82, 2.24) is 10.2 Å². The van der Waals surface area contributed by atoms with E-state index >= 15 is 0 Å². The summed E-state index contributed by atoms with van der Waals surface area (Å²) in [5, 5.41) is 3.47. The van der Waals surface area contributed by atoms with Crippen LogP contribution in [0.4, 0.5) is 0 Å². The summed E-state index contributed by atoms with van der Waals surface area (Å²) in [6, 6.07) is 20.0. The lowest BCUT2D eigenvalue weighted by Crippen LogP contribution is -2.43. The largest absolute Gasteiger partial charge is 0.314 e. The number of hydrogen-bond acceptors (Lipinski definition) is 2. The Labute approximate surface area is 115 Å². The van der Waals surface area contributed by atoms with Crippen molar-refractivity contribution in [2.75, 3.05) is 26.7 Å². The molecule has 0 radical (unpaired) electrons. The van der Waals surface area contributed by atoms with E-state index in [-0.39, 0.29) is 0 Å². The van der Waals surface area contributed by atoms with Crippen LogP contribution in [0.5, 0.6) is 0 Å². The molecule has 0 aliphatic carbocycles. The zero-order valence-corrected chi connectivity index (χ0v) is 11.3. The Morgan fingerprint density at radius 2 is 1.63 bits per heavy atom. The highest BCUT2D eigenvalue weighted by Gasteiger charge is 2.19. The first kappa shape index (κ1) is 12.4. The summed E-state index contributed by atoms with van der Waals surface area (Å²) >= 11 is 0. The second kappa shape index (κ2) is 5.55. The first-order valence-electron chi connectivity index (χ1n) is 6.91. The van der Waals surface area contributed by atoms with Crippen LogP contribution >= 0.6 is 0 Å². The van der Waals surface area contributed by atoms with E-state index in [4.69, 9.17) is 0 Å². The lowest BCUT2D eigenvalue weighted by atomic mass is 9.99. The van der Waals surface area contributed by atoms with Gasteiger partial charge in [-0.15, -0.1) is 0 Å². The third kappa shape index (κ3) is 2.70. The van der Waals surface area contributed by atoms with Gasteiger partial charge in [-0.05, 0) is 23.7 Å². The molecule has 0 aromatic heterocycles. The summed E-state index contributed by atoms with van der Waals surface area (Å²) < 4.78 is 0. The minimum Gasteiger partial charge on any atom is -0.314 e. The Balaban J connectivity index is 1.83. The average Bonchev–Trinajstić information content (AvgIpc) is 2.49. The van der Waals surface area contributed by atoms with Gasteiger partial charge in [-0.25, -0.2) is 0 Å². The van der Waals surface area contributed by atoms with E-state index in [0.29, 0.717) is 6.04 Å². The quantitative estimate of drug-likeness (QED) is 0.884. The molecule has 2 aromatic carbocycles. The highest BCUT2D eigenvalue weighted by atomic mass is 15.2. The van der Waals surface area contributed by atoms with Crippen LogP contribution in [0.15, 0.2) is 54.6 Å². The van der Waals surface area contributed by atoms with Crippen LogP contribution in [0.2, 0.25) is 0 Å². The maximum absolute atomic E-state index is 3.47. The fraction of sp³-hybridized carbons (Fsp3) is 0.294. The molecule has 1 atom stereocenters. The SMILES string of the molecule is CN1CCNCC1c1ccc(-c2ccccc2)cc1. The molecule has 1 N–H and O–H groups in total. The van der Waals surface area contributed by atoms with Crippen molar-refractivity contribution >= 4 is 0 Å². The minimum atomic E-state index is 0.499. The molecule has 0 saturated carbocycles. The molecule has 2 heteroatoms. The number of nitrogens with one attached hydrogen (secondary N) is 1. The Bertz CT molecular complexity index is 519. The first-order valence-corrected chi connectivity index (χ1v) is 6.91. The zero-order valence-electron chi connectivity index (χ0n) is 11.3. The van der Waals surface area contributed by atoms with E-state index in [1.54, 1.807) is 0 Å². The molecule has 0 bridgehead atoms. The number of likely N-dealkylation sites (N-methyl/N-ethyl adjacent to an activating group) is 1. The maximum Gasteiger partial charge on any atom is 0.0470 e. The number of benzene rings is 2. The summed E-state index contributed by atoms with van der Waals surface area (Å²) in [5.41, 5.74) is 3.97. The molecule has 1 aliphatic heterocycles. The fourth-order valence-corrected chi connectivity index (χ4v) is 2.71. The van der Waals surface area contributed by atoms with Gasteiger partial charge in [-0.3, -0.25) is 4.90 Å². The van der Waals surface area contributed by atoms with Crippen molar-refractivity contribution in [1.29, 1.82) is 0 Å². The molecule has 19 heavy (non-hydrogen) atoms. The molecule has 1 unspecified atom stereocenters. The number of rotatable bonds is 2. The monoisotopic (exact) mass is 252 g/mol. The van der Waals surface area contributed by atoms with E-state index in [0.717, 1.165) is 19.6 Å². The van der Waals surface area contributed by atoms with Crippen LogP contribution in [-0.2, 0) is 0 Å². The van der Waals surface area contributed by atoms with Gasteiger partial charge in [0, 0.05) is 25.7 Å². The molecule has 3 rings (SSSR count). The van der Waals surface area contributed by atoms with Crippen molar-refractivity contribution in [2.24, 2.45) is 0 Å². The third-order valence-corrected chi connectivity index (χ3v) is 3.91. The van der Waals surface area contributed by atoms with Gasteiger partial charge in [0.05, 0.1) is 0 Å². The van der Waals surface area contributed by atoms with Gasteiger partial charge in [-0.2, -0.15) is 0 Å². The average molecular weight is 252 g/mol. The highest BCUT2D eigenvalue weighted by Crippen LogP contribution is 2.24. The smallest absolute Gasteiger partial charge is 0.0470 e. The van der Waals surface area contributed by atoms with Gasteiger partial charge in [0.1, 0.15) is 0 Å². The van der Waals surface area contributed by atoms with Crippen molar-refractivity contribution in [3.05, 3.63) is 60.2 Å². The second-order valence-corrected chi connectivity index (χ2v) is 5.19. The maximum atomic E-state index is 3.47. The molecule has 98 valence electrons. The number of nitrogens with zero attached hydrogens (tertiary/aromatic N) is 1. The molecule has 1 aliphatic rings. The Morgan fingerprint density at radius 1 is 0.947 bits per heavy atom. The molecule has 2 aromatic rings. The summed E-state index contributed by atoms with van der Waals surface area (Å²) in [4.78, 5) is 2.42. The second-order valence-electron chi connectivity index (χ2n) is 5.19. The van der Waals surface area contributed by atoms with Crippen LogP contribution in [0.3, 0.4) is 0 Å². The summed E-state index contributed by atoms with van der Waals surface area (Å²) in [7, 11) is 2.20. The lowest BCUT2D eigenvalue weighted by molar-refractivity contribution is 0.202. The standard InChI is InChI=1S/C17H20N2/c1-19-12-11-18-13-17(19)16-9-7-15(8-10-16)14-5-3-2-4-6-14/h2-10,17-18H,11-13H2,1H3. The Morgan fingerprint density at radius 3 is 2.32 bits per heavy atom. The van der Waals surface area contributed by atoms with Crippen molar-refractivity contribution in [3.8, 4) is 11.1 Å². The molecular formula is C17H20N2. The van der Waals surface area contributed by atoms with Gasteiger partial charge < -0.3 is 5.32 Å². The molecular weight excluding hydrogens is 232 g/mol.